The Balaban J connectivity index is 1.58. The Morgan fingerprint density at radius 1 is 0.966 bits per heavy atom. The highest BCUT2D eigenvalue weighted by atomic mass is 35.5. The second kappa shape index (κ2) is 8.91. The van der Waals surface area contributed by atoms with Crippen LogP contribution in [0.15, 0.2) is 60.8 Å². The van der Waals surface area contributed by atoms with E-state index in [2.05, 4.69) is 39.6 Å². The number of aliphatic hydroxyl groups excluding tert-OH is 1. The van der Waals surface area contributed by atoms with E-state index < -0.39 is 6.29 Å². The van der Waals surface area contributed by atoms with Gasteiger partial charge < -0.3 is 15.5 Å². The number of anilines is 1. The molecule has 3 aromatic rings. The van der Waals surface area contributed by atoms with Crippen LogP contribution in [0, 0.1) is 5.92 Å². The molecule has 1 aliphatic rings. The molecule has 1 aliphatic carbocycles. The molecule has 1 aromatic heterocycles. The lowest BCUT2D eigenvalue weighted by Gasteiger charge is -2.30. The maximum atomic E-state index is 9.49. The number of nitrogens with zero attached hydrogens (tertiary/aromatic N) is 2. The van der Waals surface area contributed by atoms with Gasteiger partial charge in [0.05, 0.1) is 16.9 Å². The SMILES string of the molecule is OC(O)[C@H]1CCCC(Nc2ncc(Cl)c(-c3cccc(-c4ccccc4)c3)n2)C1. The van der Waals surface area contributed by atoms with Gasteiger partial charge in [-0.05, 0) is 36.5 Å². The fourth-order valence-corrected chi connectivity index (χ4v) is 4.13. The van der Waals surface area contributed by atoms with E-state index in [1.165, 1.54) is 0 Å². The standard InChI is InChI=1S/C23H24ClN3O2/c24-20-14-25-23(26-19-11-5-10-18(13-19)22(28)29)27-21(20)17-9-4-8-16(12-17)15-6-2-1-3-7-15/h1-4,6-9,12,14,18-19,22,28-29H,5,10-11,13H2,(H,25,26,27)/t18-,19?/m0/s1. The van der Waals surface area contributed by atoms with Crippen LogP contribution in [-0.4, -0.2) is 32.5 Å². The molecule has 29 heavy (non-hydrogen) atoms. The minimum atomic E-state index is -1.28. The molecule has 0 radical (unpaired) electrons. The largest absolute Gasteiger partial charge is 0.368 e. The average Bonchev–Trinajstić information content (AvgIpc) is 2.76. The summed E-state index contributed by atoms with van der Waals surface area (Å²) in [7, 11) is 0. The molecule has 0 aliphatic heterocycles. The molecule has 0 saturated heterocycles. The lowest BCUT2D eigenvalue weighted by molar-refractivity contribution is -0.0936. The minimum absolute atomic E-state index is 0.111. The summed E-state index contributed by atoms with van der Waals surface area (Å²) >= 11 is 6.42. The van der Waals surface area contributed by atoms with Gasteiger partial charge in [-0.2, -0.15) is 0 Å². The smallest absolute Gasteiger partial charge is 0.223 e. The Morgan fingerprint density at radius 3 is 2.52 bits per heavy atom. The van der Waals surface area contributed by atoms with Crippen LogP contribution in [0.25, 0.3) is 22.4 Å². The van der Waals surface area contributed by atoms with Crippen molar-refractivity contribution in [1.29, 1.82) is 0 Å². The second-order valence-corrected chi connectivity index (χ2v) is 7.93. The summed E-state index contributed by atoms with van der Waals surface area (Å²) in [6, 6.07) is 18.4. The first-order valence-corrected chi connectivity index (χ1v) is 10.3. The lowest BCUT2D eigenvalue weighted by Crippen LogP contribution is -2.33. The van der Waals surface area contributed by atoms with E-state index in [1.54, 1.807) is 6.20 Å². The quantitative estimate of drug-likeness (QED) is 0.530. The van der Waals surface area contributed by atoms with Gasteiger partial charge in [-0.3, -0.25) is 0 Å². The Kier molecular flexibility index (Phi) is 6.09. The molecule has 2 atom stereocenters. The molecule has 1 unspecified atom stereocenters. The molecule has 2 aromatic carbocycles. The molecule has 1 heterocycles. The van der Waals surface area contributed by atoms with Crippen molar-refractivity contribution in [2.24, 2.45) is 5.92 Å². The van der Waals surface area contributed by atoms with E-state index in [0.29, 0.717) is 23.1 Å². The molecule has 0 bridgehead atoms. The van der Waals surface area contributed by atoms with Gasteiger partial charge in [0.1, 0.15) is 0 Å². The van der Waals surface area contributed by atoms with E-state index in [4.69, 9.17) is 11.6 Å². The predicted octanol–water partition coefficient (Wildman–Crippen LogP) is 4.75. The van der Waals surface area contributed by atoms with Gasteiger partial charge in [0, 0.05) is 17.5 Å². The van der Waals surface area contributed by atoms with Crippen molar-refractivity contribution < 1.29 is 10.2 Å². The van der Waals surface area contributed by atoms with Crippen molar-refractivity contribution in [2.75, 3.05) is 5.32 Å². The van der Waals surface area contributed by atoms with Gasteiger partial charge in [0.15, 0.2) is 6.29 Å². The van der Waals surface area contributed by atoms with Gasteiger partial charge >= 0.3 is 0 Å². The fraction of sp³-hybridized carbons (Fsp3) is 0.304. The number of aromatic nitrogens is 2. The van der Waals surface area contributed by atoms with Gasteiger partial charge in [-0.1, -0.05) is 66.6 Å². The molecule has 1 fully saturated rings. The van der Waals surface area contributed by atoms with E-state index in [0.717, 1.165) is 36.0 Å². The van der Waals surface area contributed by atoms with Gasteiger partial charge in [-0.15, -0.1) is 0 Å². The maximum absolute atomic E-state index is 9.49. The minimum Gasteiger partial charge on any atom is -0.368 e. The van der Waals surface area contributed by atoms with E-state index >= 15 is 0 Å². The summed E-state index contributed by atoms with van der Waals surface area (Å²) in [5, 5.41) is 22.8. The third-order valence-electron chi connectivity index (χ3n) is 5.46. The highest BCUT2D eigenvalue weighted by Crippen LogP contribution is 2.31. The molecule has 1 saturated carbocycles. The molecule has 0 amide bonds. The molecule has 0 spiro atoms. The van der Waals surface area contributed by atoms with Crippen LogP contribution in [0.2, 0.25) is 5.02 Å². The van der Waals surface area contributed by atoms with Crippen molar-refractivity contribution in [3.63, 3.8) is 0 Å². The predicted molar refractivity (Wildman–Crippen MR) is 116 cm³/mol. The van der Waals surface area contributed by atoms with E-state index in [-0.39, 0.29) is 12.0 Å². The summed E-state index contributed by atoms with van der Waals surface area (Å²) in [4.78, 5) is 8.99. The monoisotopic (exact) mass is 409 g/mol. The van der Waals surface area contributed by atoms with Crippen molar-refractivity contribution in [2.45, 2.75) is 38.0 Å². The average molecular weight is 410 g/mol. The molecule has 6 heteroatoms. The summed E-state index contributed by atoms with van der Waals surface area (Å²) in [5.74, 6) is 0.392. The Morgan fingerprint density at radius 2 is 1.72 bits per heavy atom. The van der Waals surface area contributed by atoms with Gasteiger partial charge in [0.2, 0.25) is 5.95 Å². The topological polar surface area (TPSA) is 78.3 Å². The van der Waals surface area contributed by atoms with Crippen LogP contribution in [-0.2, 0) is 0 Å². The Bertz CT molecular complexity index is 965. The van der Waals surface area contributed by atoms with Crippen LogP contribution in [0.5, 0.6) is 0 Å². The zero-order chi connectivity index (χ0) is 20.2. The summed E-state index contributed by atoms with van der Waals surface area (Å²) < 4.78 is 0. The number of aliphatic hydroxyl groups is 2. The Hall–Kier alpha value is -2.47. The number of hydrogen-bond donors (Lipinski definition) is 3. The zero-order valence-electron chi connectivity index (χ0n) is 16.0. The van der Waals surface area contributed by atoms with Crippen LogP contribution in [0.1, 0.15) is 25.7 Å². The van der Waals surface area contributed by atoms with Crippen molar-refractivity contribution in [1.82, 2.24) is 9.97 Å². The zero-order valence-corrected chi connectivity index (χ0v) is 16.8. The molecule has 3 N–H and O–H groups in total. The second-order valence-electron chi connectivity index (χ2n) is 7.52. The number of rotatable bonds is 5. The first-order chi connectivity index (χ1) is 14.1. The third kappa shape index (κ3) is 4.75. The normalized spacial score (nSPS) is 19.3. The molecule has 5 nitrogen and oxygen atoms in total. The van der Waals surface area contributed by atoms with Crippen LogP contribution < -0.4 is 5.32 Å². The van der Waals surface area contributed by atoms with Crippen molar-refractivity contribution in [3.8, 4) is 22.4 Å². The summed E-state index contributed by atoms with van der Waals surface area (Å²) in [6.07, 6.45) is 3.75. The summed E-state index contributed by atoms with van der Waals surface area (Å²) in [6.45, 7) is 0. The highest BCUT2D eigenvalue weighted by molar-refractivity contribution is 6.32. The first-order valence-electron chi connectivity index (χ1n) is 9.91. The van der Waals surface area contributed by atoms with Crippen LogP contribution in [0.3, 0.4) is 0 Å². The van der Waals surface area contributed by atoms with Crippen molar-refractivity contribution in [3.05, 3.63) is 65.8 Å². The molecule has 4 rings (SSSR count). The molecular weight excluding hydrogens is 386 g/mol. The highest BCUT2D eigenvalue weighted by Gasteiger charge is 2.26. The fourth-order valence-electron chi connectivity index (χ4n) is 3.93. The van der Waals surface area contributed by atoms with Crippen LogP contribution in [0.4, 0.5) is 5.95 Å². The van der Waals surface area contributed by atoms with Gasteiger partial charge in [0.25, 0.3) is 0 Å². The lowest BCUT2D eigenvalue weighted by atomic mass is 9.85. The maximum Gasteiger partial charge on any atom is 0.223 e. The van der Waals surface area contributed by atoms with Gasteiger partial charge in [-0.25, -0.2) is 9.97 Å². The third-order valence-corrected chi connectivity index (χ3v) is 5.73. The Labute approximate surface area is 175 Å². The number of halogens is 1. The first kappa shape index (κ1) is 19.8. The number of hydrogen-bond acceptors (Lipinski definition) is 5. The van der Waals surface area contributed by atoms with E-state index in [1.807, 2.05) is 30.3 Å². The van der Waals surface area contributed by atoms with Crippen LogP contribution >= 0.6 is 11.6 Å². The molecular formula is C23H24ClN3O2. The molecule has 150 valence electrons. The number of nitrogens with one attached hydrogen (secondary N) is 1. The van der Waals surface area contributed by atoms with Crippen molar-refractivity contribution >= 4 is 17.5 Å². The van der Waals surface area contributed by atoms with E-state index in [9.17, 15) is 10.2 Å². The summed E-state index contributed by atoms with van der Waals surface area (Å²) in [5.41, 5.74) is 3.83. The number of benzene rings is 2.